The summed E-state index contributed by atoms with van der Waals surface area (Å²) >= 11 is 0. The summed E-state index contributed by atoms with van der Waals surface area (Å²) in [6.45, 7) is 3.33. The van der Waals surface area contributed by atoms with E-state index in [1.165, 1.54) is 17.0 Å². The van der Waals surface area contributed by atoms with E-state index < -0.39 is 17.8 Å². The van der Waals surface area contributed by atoms with E-state index in [4.69, 9.17) is 0 Å². The Morgan fingerprint density at radius 1 is 1.33 bits per heavy atom. The molecule has 1 aromatic rings. The number of hydrogen-bond acceptors (Lipinski definition) is 2. The van der Waals surface area contributed by atoms with Gasteiger partial charge in [0.05, 0.1) is 5.56 Å². The number of likely N-dealkylation sites (N-methyl/N-ethyl adjacent to an activating group) is 1. The van der Waals surface area contributed by atoms with Crippen LogP contribution in [0.1, 0.15) is 22.8 Å². The number of halogens is 1. The van der Waals surface area contributed by atoms with Gasteiger partial charge in [-0.05, 0) is 26.0 Å². The normalized spacial score (nSPS) is 11.8. The van der Waals surface area contributed by atoms with Crippen molar-refractivity contribution in [3.05, 3.63) is 35.1 Å². The highest BCUT2D eigenvalue weighted by atomic mass is 19.1. The molecular formula is C13H17FN2O2. The molecule has 0 aromatic heterocycles. The third-order valence-electron chi connectivity index (χ3n) is 2.53. The summed E-state index contributed by atoms with van der Waals surface area (Å²) in [7, 11) is 3.19. The van der Waals surface area contributed by atoms with Crippen LogP contribution in [0.15, 0.2) is 18.2 Å². The standard InChI is InChI=1S/C13H17FN2O2/c1-8-5-6-11(14)10(7-8)12(17)15-9(2)13(18)16(3)4/h5-7,9H,1-4H3,(H,15,17). The molecule has 1 aromatic carbocycles. The Hall–Kier alpha value is -1.91. The van der Waals surface area contributed by atoms with Crippen LogP contribution in [-0.4, -0.2) is 36.9 Å². The molecule has 0 saturated heterocycles. The van der Waals surface area contributed by atoms with Crippen LogP contribution in [0, 0.1) is 12.7 Å². The van der Waals surface area contributed by atoms with Gasteiger partial charge in [0, 0.05) is 14.1 Å². The number of hydrogen-bond donors (Lipinski definition) is 1. The van der Waals surface area contributed by atoms with Crippen molar-refractivity contribution in [2.24, 2.45) is 0 Å². The highest BCUT2D eigenvalue weighted by Gasteiger charge is 2.19. The van der Waals surface area contributed by atoms with E-state index in [0.717, 1.165) is 5.56 Å². The molecule has 1 rings (SSSR count). The highest BCUT2D eigenvalue weighted by Crippen LogP contribution is 2.10. The zero-order valence-electron chi connectivity index (χ0n) is 11.0. The van der Waals surface area contributed by atoms with E-state index in [2.05, 4.69) is 5.32 Å². The second-order valence-electron chi connectivity index (χ2n) is 4.41. The van der Waals surface area contributed by atoms with Gasteiger partial charge in [-0.15, -0.1) is 0 Å². The summed E-state index contributed by atoms with van der Waals surface area (Å²) in [5, 5.41) is 2.48. The van der Waals surface area contributed by atoms with Crippen LogP contribution >= 0.6 is 0 Å². The number of amides is 2. The maximum Gasteiger partial charge on any atom is 0.254 e. The van der Waals surface area contributed by atoms with Crippen LogP contribution in [0.5, 0.6) is 0 Å². The van der Waals surface area contributed by atoms with Crippen molar-refractivity contribution in [2.45, 2.75) is 19.9 Å². The van der Waals surface area contributed by atoms with Crippen molar-refractivity contribution in [1.82, 2.24) is 10.2 Å². The van der Waals surface area contributed by atoms with Gasteiger partial charge >= 0.3 is 0 Å². The van der Waals surface area contributed by atoms with Gasteiger partial charge in [-0.3, -0.25) is 9.59 Å². The lowest BCUT2D eigenvalue weighted by Gasteiger charge is -2.18. The molecule has 4 nitrogen and oxygen atoms in total. The summed E-state index contributed by atoms with van der Waals surface area (Å²) in [6, 6.07) is 3.59. The first kappa shape index (κ1) is 14.2. The van der Waals surface area contributed by atoms with E-state index in [0.29, 0.717) is 0 Å². The van der Waals surface area contributed by atoms with Crippen molar-refractivity contribution in [3.63, 3.8) is 0 Å². The van der Waals surface area contributed by atoms with E-state index in [9.17, 15) is 14.0 Å². The van der Waals surface area contributed by atoms with Crippen LogP contribution < -0.4 is 5.32 Å². The number of rotatable bonds is 3. The van der Waals surface area contributed by atoms with Crippen molar-refractivity contribution in [1.29, 1.82) is 0 Å². The molecule has 0 radical (unpaired) electrons. The Morgan fingerprint density at radius 2 is 1.94 bits per heavy atom. The first-order valence-electron chi connectivity index (χ1n) is 5.61. The van der Waals surface area contributed by atoms with Gasteiger partial charge in [-0.2, -0.15) is 0 Å². The number of benzene rings is 1. The number of nitrogens with zero attached hydrogens (tertiary/aromatic N) is 1. The molecule has 1 unspecified atom stereocenters. The fourth-order valence-corrected chi connectivity index (χ4v) is 1.54. The highest BCUT2D eigenvalue weighted by molar-refractivity contribution is 5.97. The van der Waals surface area contributed by atoms with Crippen LogP contribution in [-0.2, 0) is 4.79 Å². The molecule has 0 fully saturated rings. The molecule has 0 aliphatic heterocycles. The predicted octanol–water partition coefficient (Wildman–Crippen LogP) is 1.34. The Morgan fingerprint density at radius 3 is 2.50 bits per heavy atom. The first-order chi connectivity index (χ1) is 8.32. The van der Waals surface area contributed by atoms with E-state index in [-0.39, 0.29) is 11.5 Å². The van der Waals surface area contributed by atoms with Crippen molar-refractivity contribution < 1.29 is 14.0 Å². The van der Waals surface area contributed by atoms with Gasteiger partial charge in [0.15, 0.2) is 0 Å². The fraction of sp³-hybridized carbons (Fsp3) is 0.385. The fourth-order valence-electron chi connectivity index (χ4n) is 1.54. The lowest BCUT2D eigenvalue weighted by molar-refractivity contribution is -0.130. The molecule has 0 saturated carbocycles. The van der Waals surface area contributed by atoms with Crippen LogP contribution in [0.4, 0.5) is 4.39 Å². The molecule has 1 atom stereocenters. The van der Waals surface area contributed by atoms with Gasteiger partial charge in [0.2, 0.25) is 5.91 Å². The maximum absolute atomic E-state index is 13.5. The van der Waals surface area contributed by atoms with Gasteiger partial charge < -0.3 is 10.2 Å². The largest absolute Gasteiger partial charge is 0.347 e. The third-order valence-corrected chi connectivity index (χ3v) is 2.53. The lowest BCUT2D eigenvalue weighted by Crippen LogP contribution is -2.44. The minimum atomic E-state index is -0.688. The number of aryl methyl sites for hydroxylation is 1. The molecule has 5 heteroatoms. The molecule has 0 aliphatic carbocycles. The zero-order valence-corrected chi connectivity index (χ0v) is 11.0. The summed E-state index contributed by atoms with van der Waals surface area (Å²) < 4.78 is 13.5. The minimum Gasteiger partial charge on any atom is -0.347 e. The van der Waals surface area contributed by atoms with E-state index in [1.54, 1.807) is 34.0 Å². The van der Waals surface area contributed by atoms with Crippen LogP contribution in [0.25, 0.3) is 0 Å². The Labute approximate surface area is 106 Å². The lowest BCUT2D eigenvalue weighted by atomic mass is 10.1. The molecule has 2 amide bonds. The zero-order chi connectivity index (χ0) is 13.9. The summed E-state index contributed by atoms with van der Waals surface area (Å²) in [5.74, 6) is -1.42. The minimum absolute atomic E-state index is 0.0478. The molecular weight excluding hydrogens is 235 g/mol. The second kappa shape index (κ2) is 5.62. The monoisotopic (exact) mass is 252 g/mol. The van der Waals surface area contributed by atoms with Crippen molar-refractivity contribution >= 4 is 11.8 Å². The van der Waals surface area contributed by atoms with Gasteiger partial charge in [0.25, 0.3) is 5.91 Å². The number of nitrogens with one attached hydrogen (secondary N) is 1. The van der Waals surface area contributed by atoms with Gasteiger partial charge in [0.1, 0.15) is 11.9 Å². The molecule has 98 valence electrons. The Kier molecular flexibility index (Phi) is 4.42. The summed E-state index contributed by atoms with van der Waals surface area (Å²) in [5.41, 5.74) is 0.738. The van der Waals surface area contributed by atoms with E-state index in [1.807, 2.05) is 0 Å². The molecule has 0 aliphatic rings. The van der Waals surface area contributed by atoms with Crippen LogP contribution in [0.2, 0.25) is 0 Å². The second-order valence-corrected chi connectivity index (χ2v) is 4.41. The third kappa shape index (κ3) is 3.29. The number of carbonyl (C=O) groups excluding carboxylic acids is 2. The van der Waals surface area contributed by atoms with E-state index >= 15 is 0 Å². The molecule has 0 heterocycles. The Balaban J connectivity index is 2.83. The molecule has 0 spiro atoms. The average molecular weight is 252 g/mol. The van der Waals surface area contributed by atoms with Crippen LogP contribution in [0.3, 0.4) is 0 Å². The summed E-state index contributed by atoms with van der Waals surface area (Å²) in [6.07, 6.45) is 0. The molecule has 18 heavy (non-hydrogen) atoms. The van der Waals surface area contributed by atoms with Gasteiger partial charge in [-0.1, -0.05) is 11.6 Å². The molecule has 1 N–H and O–H groups in total. The van der Waals surface area contributed by atoms with Crippen molar-refractivity contribution in [2.75, 3.05) is 14.1 Å². The van der Waals surface area contributed by atoms with Crippen molar-refractivity contribution in [3.8, 4) is 0 Å². The summed E-state index contributed by atoms with van der Waals surface area (Å²) in [4.78, 5) is 24.8. The maximum atomic E-state index is 13.5. The average Bonchev–Trinajstić information content (AvgIpc) is 2.30. The smallest absolute Gasteiger partial charge is 0.254 e. The predicted molar refractivity (Wildman–Crippen MR) is 66.8 cm³/mol. The Bertz CT molecular complexity index is 472. The molecule has 0 bridgehead atoms. The topological polar surface area (TPSA) is 49.4 Å². The quantitative estimate of drug-likeness (QED) is 0.882. The SMILES string of the molecule is Cc1ccc(F)c(C(=O)NC(C)C(=O)N(C)C)c1. The number of carbonyl (C=O) groups is 2. The van der Waals surface area contributed by atoms with Gasteiger partial charge in [-0.25, -0.2) is 4.39 Å². The first-order valence-corrected chi connectivity index (χ1v) is 5.61.